The number of ether oxygens (including phenoxy) is 1. The Kier molecular flexibility index (Phi) is 6.01. The maximum atomic E-state index is 12.1. The topological polar surface area (TPSA) is 67.3 Å². The van der Waals surface area contributed by atoms with Crippen LogP contribution in [0, 0.1) is 5.92 Å². The Hall–Kier alpha value is -1.69. The summed E-state index contributed by atoms with van der Waals surface area (Å²) < 4.78 is 5.91. The van der Waals surface area contributed by atoms with E-state index in [1.165, 1.54) is 32.1 Å². The van der Waals surface area contributed by atoms with E-state index in [0.29, 0.717) is 30.9 Å². The molecule has 0 unspecified atom stereocenters. The van der Waals surface area contributed by atoms with Crippen molar-refractivity contribution >= 4 is 11.7 Å². The van der Waals surface area contributed by atoms with Crippen LogP contribution in [0.1, 0.15) is 55.9 Å². The summed E-state index contributed by atoms with van der Waals surface area (Å²) in [6, 6.07) is 3.63. The minimum atomic E-state index is -0.184. The van der Waals surface area contributed by atoms with Gasteiger partial charge < -0.3 is 15.0 Å². The molecule has 1 aliphatic carbocycles. The number of nitrogens with one attached hydrogen (secondary N) is 1. The molecule has 2 aliphatic rings. The zero-order valence-electron chi connectivity index (χ0n) is 14.5. The van der Waals surface area contributed by atoms with Gasteiger partial charge in [0.1, 0.15) is 0 Å². The molecule has 1 aromatic heterocycles. The van der Waals surface area contributed by atoms with Crippen molar-refractivity contribution in [2.45, 2.75) is 51.6 Å². The Labute approximate surface area is 144 Å². The number of nitrogens with zero attached hydrogens (tertiary/aromatic N) is 3. The lowest BCUT2D eigenvalue weighted by Crippen LogP contribution is -2.32. The van der Waals surface area contributed by atoms with Crippen LogP contribution in [0.2, 0.25) is 0 Å². The number of hydrogen-bond acceptors (Lipinski definition) is 5. The van der Waals surface area contributed by atoms with Crippen molar-refractivity contribution in [3.05, 3.63) is 17.8 Å². The molecule has 0 spiro atoms. The van der Waals surface area contributed by atoms with Gasteiger partial charge in [-0.3, -0.25) is 4.79 Å². The van der Waals surface area contributed by atoms with Gasteiger partial charge in [0.2, 0.25) is 0 Å². The molecule has 1 N–H and O–H groups in total. The molecule has 24 heavy (non-hydrogen) atoms. The molecule has 6 heteroatoms. The molecule has 2 heterocycles. The summed E-state index contributed by atoms with van der Waals surface area (Å²) in [5.74, 6) is 1.30. The fourth-order valence-corrected chi connectivity index (χ4v) is 3.56. The van der Waals surface area contributed by atoms with E-state index in [0.717, 1.165) is 25.3 Å². The van der Waals surface area contributed by atoms with E-state index in [9.17, 15) is 4.79 Å². The molecule has 1 amide bonds. The summed E-state index contributed by atoms with van der Waals surface area (Å²) in [6.07, 6.45) is 7.68. The largest absolute Gasteiger partial charge is 0.376 e. The standard InChI is InChI=1S/C18H28N4O2/c1-14-6-2-3-7-16(14)24-13-10-19-18(23)15-8-9-17(21-20-15)22-11-4-5-12-22/h8-9,14,16H,2-7,10-13H2,1H3,(H,19,23)/t14-,16-/m1/s1. The number of carbonyl (C=O) groups is 1. The predicted octanol–water partition coefficient (Wildman–Crippen LogP) is 2.40. The van der Waals surface area contributed by atoms with Gasteiger partial charge in [-0.25, -0.2) is 0 Å². The first-order chi connectivity index (χ1) is 11.7. The van der Waals surface area contributed by atoms with Gasteiger partial charge in [0.25, 0.3) is 5.91 Å². The van der Waals surface area contributed by atoms with Gasteiger partial charge in [-0.2, -0.15) is 0 Å². The van der Waals surface area contributed by atoms with E-state index in [1.54, 1.807) is 6.07 Å². The Morgan fingerprint density at radius 3 is 2.71 bits per heavy atom. The molecule has 1 aliphatic heterocycles. The number of carbonyl (C=O) groups excluding carboxylic acids is 1. The van der Waals surface area contributed by atoms with E-state index >= 15 is 0 Å². The molecule has 1 aromatic rings. The van der Waals surface area contributed by atoms with Crippen LogP contribution >= 0.6 is 0 Å². The van der Waals surface area contributed by atoms with Crippen molar-refractivity contribution in [2.24, 2.45) is 5.92 Å². The second kappa shape index (κ2) is 8.42. The lowest BCUT2D eigenvalue weighted by Gasteiger charge is -2.28. The maximum absolute atomic E-state index is 12.1. The molecule has 132 valence electrons. The number of anilines is 1. The molecule has 2 atom stereocenters. The first-order valence-corrected chi connectivity index (χ1v) is 9.22. The summed E-state index contributed by atoms with van der Waals surface area (Å²) in [7, 11) is 0. The molecule has 0 radical (unpaired) electrons. The van der Waals surface area contributed by atoms with Crippen LogP contribution in [0.5, 0.6) is 0 Å². The molecule has 3 rings (SSSR count). The fourth-order valence-electron chi connectivity index (χ4n) is 3.56. The Morgan fingerprint density at radius 1 is 1.21 bits per heavy atom. The molecule has 6 nitrogen and oxygen atoms in total. The Morgan fingerprint density at radius 2 is 2.00 bits per heavy atom. The molecule has 1 saturated carbocycles. The molecule has 2 fully saturated rings. The lowest BCUT2D eigenvalue weighted by atomic mass is 9.88. The van der Waals surface area contributed by atoms with Crippen molar-refractivity contribution < 1.29 is 9.53 Å². The zero-order chi connectivity index (χ0) is 16.8. The van der Waals surface area contributed by atoms with Crippen LogP contribution in [-0.4, -0.2) is 48.4 Å². The first-order valence-electron chi connectivity index (χ1n) is 9.22. The average Bonchev–Trinajstić information content (AvgIpc) is 3.15. The highest BCUT2D eigenvalue weighted by Gasteiger charge is 2.21. The second-order valence-corrected chi connectivity index (χ2v) is 6.90. The van der Waals surface area contributed by atoms with Crippen LogP contribution in [0.15, 0.2) is 12.1 Å². The number of aromatic nitrogens is 2. The second-order valence-electron chi connectivity index (χ2n) is 6.90. The molecule has 0 aromatic carbocycles. The monoisotopic (exact) mass is 332 g/mol. The zero-order valence-corrected chi connectivity index (χ0v) is 14.5. The maximum Gasteiger partial charge on any atom is 0.271 e. The minimum Gasteiger partial charge on any atom is -0.376 e. The summed E-state index contributed by atoms with van der Waals surface area (Å²) in [5.41, 5.74) is 0.365. The van der Waals surface area contributed by atoms with E-state index in [-0.39, 0.29) is 5.91 Å². The minimum absolute atomic E-state index is 0.184. The van der Waals surface area contributed by atoms with Crippen LogP contribution in [0.25, 0.3) is 0 Å². The van der Waals surface area contributed by atoms with Crippen molar-refractivity contribution in [2.75, 3.05) is 31.1 Å². The van der Waals surface area contributed by atoms with E-state index in [4.69, 9.17) is 4.74 Å². The average molecular weight is 332 g/mol. The van der Waals surface area contributed by atoms with Gasteiger partial charge >= 0.3 is 0 Å². The lowest BCUT2D eigenvalue weighted by molar-refractivity contribution is -0.00295. The molecular formula is C18H28N4O2. The van der Waals surface area contributed by atoms with Gasteiger partial charge in [-0.1, -0.05) is 19.8 Å². The van der Waals surface area contributed by atoms with Crippen molar-refractivity contribution in [1.82, 2.24) is 15.5 Å². The predicted molar refractivity (Wildman–Crippen MR) is 93.2 cm³/mol. The fraction of sp³-hybridized carbons (Fsp3) is 0.722. The van der Waals surface area contributed by atoms with Crippen LogP contribution < -0.4 is 10.2 Å². The third-order valence-electron chi connectivity index (χ3n) is 5.07. The molecular weight excluding hydrogens is 304 g/mol. The molecule has 1 saturated heterocycles. The Balaban J connectivity index is 1.40. The summed E-state index contributed by atoms with van der Waals surface area (Å²) in [6.45, 7) is 5.37. The number of amides is 1. The Bertz CT molecular complexity index is 528. The van der Waals surface area contributed by atoms with Crippen molar-refractivity contribution in [1.29, 1.82) is 0 Å². The number of hydrogen-bond donors (Lipinski definition) is 1. The third kappa shape index (κ3) is 4.44. The van der Waals surface area contributed by atoms with Gasteiger partial charge in [-0.05, 0) is 43.7 Å². The van der Waals surface area contributed by atoms with Crippen LogP contribution in [-0.2, 0) is 4.74 Å². The van der Waals surface area contributed by atoms with Crippen LogP contribution in [0.3, 0.4) is 0 Å². The van der Waals surface area contributed by atoms with Crippen LogP contribution in [0.4, 0.5) is 5.82 Å². The quantitative estimate of drug-likeness (QED) is 0.810. The van der Waals surface area contributed by atoms with E-state index < -0.39 is 0 Å². The third-order valence-corrected chi connectivity index (χ3v) is 5.07. The highest BCUT2D eigenvalue weighted by molar-refractivity contribution is 5.92. The van der Waals surface area contributed by atoms with Gasteiger partial charge in [0.15, 0.2) is 11.5 Å². The first kappa shape index (κ1) is 17.1. The smallest absolute Gasteiger partial charge is 0.271 e. The number of rotatable bonds is 6. The normalized spacial score (nSPS) is 24.1. The SMILES string of the molecule is C[C@@H]1CCCC[C@H]1OCCNC(=O)c1ccc(N2CCCC2)nn1. The summed E-state index contributed by atoms with van der Waals surface area (Å²) in [4.78, 5) is 14.3. The molecule has 0 bridgehead atoms. The van der Waals surface area contributed by atoms with Gasteiger partial charge in [0.05, 0.1) is 12.7 Å². The van der Waals surface area contributed by atoms with Gasteiger partial charge in [0, 0.05) is 19.6 Å². The summed E-state index contributed by atoms with van der Waals surface area (Å²) >= 11 is 0. The van der Waals surface area contributed by atoms with Crippen molar-refractivity contribution in [3.8, 4) is 0 Å². The van der Waals surface area contributed by atoms with Gasteiger partial charge in [-0.15, -0.1) is 10.2 Å². The van der Waals surface area contributed by atoms with E-state index in [1.807, 2.05) is 6.07 Å². The van der Waals surface area contributed by atoms with Crippen molar-refractivity contribution in [3.63, 3.8) is 0 Å². The highest BCUT2D eigenvalue weighted by atomic mass is 16.5. The van der Waals surface area contributed by atoms with E-state index in [2.05, 4.69) is 27.3 Å². The summed E-state index contributed by atoms with van der Waals surface area (Å²) in [5, 5.41) is 11.1. The highest BCUT2D eigenvalue weighted by Crippen LogP contribution is 2.26.